The lowest BCUT2D eigenvalue weighted by Gasteiger charge is -2.27. The molecular weight excluding hydrogens is 356 g/mol. The zero-order valence-corrected chi connectivity index (χ0v) is 14.3. The number of cyclic esters (lactones) is 1. The molecule has 2 aliphatic rings. The fraction of sp³-hybridized carbons (Fsp3) is 0.294. The SMILES string of the molecule is CN1C(=O)COc2cc(N3C[C@@H](C(NC=O)c4cnco4)OC3=O)ccc21. The van der Waals surface area contributed by atoms with Crippen molar-refractivity contribution in [1.82, 2.24) is 10.3 Å². The van der Waals surface area contributed by atoms with Crippen molar-refractivity contribution in [3.05, 3.63) is 36.5 Å². The molecule has 3 amide bonds. The molecule has 10 heteroatoms. The van der Waals surface area contributed by atoms with Crippen molar-refractivity contribution in [3.63, 3.8) is 0 Å². The third kappa shape index (κ3) is 2.94. The van der Waals surface area contributed by atoms with E-state index in [2.05, 4.69) is 10.3 Å². The Morgan fingerprint density at radius 3 is 2.96 bits per heavy atom. The van der Waals surface area contributed by atoms with Gasteiger partial charge >= 0.3 is 6.09 Å². The summed E-state index contributed by atoms with van der Waals surface area (Å²) < 4.78 is 16.1. The summed E-state index contributed by atoms with van der Waals surface area (Å²) in [6, 6.07) is 4.44. The Morgan fingerprint density at radius 2 is 2.22 bits per heavy atom. The number of amides is 3. The number of nitrogens with zero attached hydrogens (tertiary/aromatic N) is 3. The number of fused-ring (bicyclic) bond motifs is 1. The Kier molecular flexibility index (Phi) is 4.15. The van der Waals surface area contributed by atoms with Crippen molar-refractivity contribution in [2.45, 2.75) is 12.1 Å². The molecule has 0 aliphatic carbocycles. The first-order valence-electron chi connectivity index (χ1n) is 8.18. The maximum absolute atomic E-state index is 12.4. The first-order chi connectivity index (χ1) is 13.1. The molecular formula is C17H16N4O6. The third-order valence-corrected chi connectivity index (χ3v) is 4.55. The van der Waals surface area contributed by atoms with Crippen LogP contribution in [-0.2, 0) is 14.3 Å². The summed E-state index contributed by atoms with van der Waals surface area (Å²) in [6.07, 6.45) is 2.00. The summed E-state index contributed by atoms with van der Waals surface area (Å²) in [4.78, 5) is 41.8. The third-order valence-electron chi connectivity index (χ3n) is 4.55. The maximum atomic E-state index is 12.4. The monoisotopic (exact) mass is 372 g/mol. The van der Waals surface area contributed by atoms with Crippen molar-refractivity contribution in [3.8, 4) is 5.75 Å². The summed E-state index contributed by atoms with van der Waals surface area (Å²) in [7, 11) is 1.66. The number of carbonyl (C=O) groups excluding carboxylic acids is 3. The molecule has 0 saturated carbocycles. The molecule has 0 bridgehead atoms. The number of benzene rings is 1. The minimum atomic E-state index is -0.656. The van der Waals surface area contributed by atoms with Crippen LogP contribution < -0.4 is 19.9 Å². The van der Waals surface area contributed by atoms with Gasteiger partial charge in [-0.3, -0.25) is 14.5 Å². The quantitative estimate of drug-likeness (QED) is 0.774. The molecule has 4 rings (SSSR count). The molecule has 2 aromatic rings. The van der Waals surface area contributed by atoms with Crippen LogP contribution in [0, 0.1) is 0 Å². The lowest BCUT2D eigenvalue weighted by Crippen LogP contribution is -2.36. The molecule has 0 radical (unpaired) electrons. The van der Waals surface area contributed by atoms with E-state index in [4.69, 9.17) is 13.9 Å². The van der Waals surface area contributed by atoms with Crippen LogP contribution in [0.5, 0.6) is 5.75 Å². The summed E-state index contributed by atoms with van der Waals surface area (Å²) in [5.41, 5.74) is 1.19. The van der Waals surface area contributed by atoms with Gasteiger partial charge in [-0.2, -0.15) is 0 Å². The Hall–Kier alpha value is -3.56. The van der Waals surface area contributed by atoms with Crippen molar-refractivity contribution in [1.29, 1.82) is 0 Å². The summed E-state index contributed by atoms with van der Waals surface area (Å²) >= 11 is 0. The molecule has 1 aromatic heterocycles. The number of carbonyl (C=O) groups is 3. The fourth-order valence-corrected chi connectivity index (χ4v) is 3.13. The molecule has 27 heavy (non-hydrogen) atoms. The van der Waals surface area contributed by atoms with E-state index in [9.17, 15) is 14.4 Å². The molecule has 2 aliphatic heterocycles. The fourth-order valence-electron chi connectivity index (χ4n) is 3.13. The highest BCUT2D eigenvalue weighted by Gasteiger charge is 2.40. The van der Waals surface area contributed by atoms with Gasteiger partial charge in [-0.05, 0) is 12.1 Å². The topological polar surface area (TPSA) is 114 Å². The van der Waals surface area contributed by atoms with Crippen molar-refractivity contribution in [2.75, 3.05) is 30.0 Å². The van der Waals surface area contributed by atoms with E-state index in [1.54, 1.807) is 25.2 Å². The van der Waals surface area contributed by atoms with E-state index in [1.165, 1.54) is 22.4 Å². The molecule has 10 nitrogen and oxygen atoms in total. The van der Waals surface area contributed by atoms with Crippen LogP contribution >= 0.6 is 0 Å². The second kappa shape index (κ2) is 6.63. The number of hydrogen-bond donors (Lipinski definition) is 1. The summed E-state index contributed by atoms with van der Waals surface area (Å²) in [6.45, 7) is 0.134. The van der Waals surface area contributed by atoms with Crippen LogP contribution in [-0.4, -0.2) is 49.7 Å². The van der Waals surface area contributed by atoms with Crippen LogP contribution in [0.1, 0.15) is 11.8 Å². The van der Waals surface area contributed by atoms with Crippen LogP contribution in [0.3, 0.4) is 0 Å². The van der Waals surface area contributed by atoms with Gasteiger partial charge in [0.05, 0.1) is 24.1 Å². The lowest BCUT2D eigenvalue weighted by atomic mass is 10.1. The average Bonchev–Trinajstić information content (AvgIpc) is 3.32. The highest BCUT2D eigenvalue weighted by molar-refractivity contribution is 5.98. The molecule has 1 unspecified atom stereocenters. The van der Waals surface area contributed by atoms with Crippen molar-refractivity contribution < 1.29 is 28.3 Å². The van der Waals surface area contributed by atoms with Crippen LogP contribution in [0.25, 0.3) is 0 Å². The Labute approximate surface area is 153 Å². The van der Waals surface area contributed by atoms with E-state index >= 15 is 0 Å². The average molecular weight is 372 g/mol. The number of oxazole rings is 1. The lowest BCUT2D eigenvalue weighted by molar-refractivity contribution is -0.121. The Balaban J connectivity index is 1.58. The largest absolute Gasteiger partial charge is 0.481 e. The van der Waals surface area contributed by atoms with E-state index in [1.807, 2.05) is 0 Å². The van der Waals surface area contributed by atoms with E-state index in [0.717, 1.165) is 0 Å². The molecule has 140 valence electrons. The van der Waals surface area contributed by atoms with Gasteiger partial charge in [-0.25, -0.2) is 9.78 Å². The smallest absolute Gasteiger partial charge is 0.414 e. The van der Waals surface area contributed by atoms with Crippen LogP contribution in [0.4, 0.5) is 16.2 Å². The number of ether oxygens (including phenoxy) is 2. The van der Waals surface area contributed by atoms with Crippen LogP contribution in [0.2, 0.25) is 0 Å². The summed E-state index contributed by atoms with van der Waals surface area (Å²) in [5.74, 6) is 0.741. The van der Waals surface area contributed by atoms with Gasteiger partial charge in [0.15, 0.2) is 13.0 Å². The Morgan fingerprint density at radius 1 is 1.37 bits per heavy atom. The predicted octanol–water partition coefficient (Wildman–Crippen LogP) is 0.842. The van der Waals surface area contributed by atoms with Gasteiger partial charge in [0.2, 0.25) is 6.41 Å². The first-order valence-corrected chi connectivity index (χ1v) is 8.18. The van der Waals surface area contributed by atoms with Crippen molar-refractivity contribution in [2.24, 2.45) is 0 Å². The van der Waals surface area contributed by atoms with E-state index in [0.29, 0.717) is 29.3 Å². The van der Waals surface area contributed by atoms with Crippen molar-refractivity contribution >= 4 is 29.8 Å². The molecule has 1 N–H and O–H groups in total. The van der Waals surface area contributed by atoms with Gasteiger partial charge in [-0.15, -0.1) is 0 Å². The minimum absolute atomic E-state index is 0.0587. The highest BCUT2D eigenvalue weighted by atomic mass is 16.6. The zero-order valence-electron chi connectivity index (χ0n) is 14.3. The van der Waals surface area contributed by atoms with Gasteiger partial charge in [0.25, 0.3) is 5.91 Å². The molecule has 1 aromatic carbocycles. The molecule has 3 heterocycles. The number of rotatable bonds is 5. The van der Waals surface area contributed by atoms with E-state index in [-0.39, 0.29) is 19.1 Å². The predicted molar refractivity (Wildman–Crippen MR) is 91.4 cm³/mol. The number of hydrogen-bond acceptors (Lipinski definition) is 7. The number of aromatic nitrogens is 1. The van der Waals surface area contributed by atoms with Gasteiger partial charge < -0.3 is 24.1 Å². The molecule has 1 saturated heterocycles. The highest BCUT2D eigenvalue weighted by Crippen LogP contribution is 2.37. The van der Waals surface area contributed by atoms with E-state index < -0.39 is 18.2 Å². The normalized spacial score (nSPS) is 20.0. The molecule has 1 fully saturated rings. The van der Waals surface area contributed by atoms with Gasteiger partial charge in [-0.1, -0.05) is 0 Å². The number of likely N-dealkylation sites (N-methyl/N-ethyl adjacent to an activating group) is 1. The molecule has 2 atom stereocenters. The standard InChI is InChI=1S/C17H16N4O6/c1-20-11-3-2-10(4-12(11)25-7-15(20)23)21-6-14(27-17(21)24)16(19-8-22)13-5-18-9-26-13/h2-5,8-9,14,16H,6-7H2,1H3,(H,19,22)/t14-,16?/m0/s1. The summed E-state index contributed by atoms with van der Waals surface area (Å²) in [5, 5.41) is 2.59. The number of nitrogens with one attached hydrogen (secondary N) is 1. The second-order valence-electron chi connectivity index (χ2n) is 6.09. The number of anilines is 2. The zero-order chi connectivity index (χ0) is 19.0. The van der Waals surface area contributed by atoms with Gasteiger partial charge in [0.1, 0.15) is 23.7 Å². The Bertz CT molecular complexity index is 884. The second-order valence-corrected chi connectivity index (χ2v) is 6.09. The van der Waals surface area contributed by atoms with Crippen LogP contribution in [0.15, 0.2) is 35.2 Å². The first kappa shape index (κ1) is 16.9. The minimum Gasteiger partial charge on any atom is -0.481 e. The van der Waals surface area contributed by atoms with Gasteiger partial charge in [0, 0.05) is 13.1 Å². The maximum Gasteiger partial charge on any atom is 0.414 e. The molecule has 0 spiro atoms.